The average molecular weight is 247 g/mol. The summed E-state index contributed by atoms with van der Waals surface area (Å²) in [6.45, 7) is 0. The minimum Gasteiger partial charge on any atom is -0.396 e. The second-order valence-corrected chi connectivity index (χ2v) is 2.88. The number of nitrogens with two attached hydrogens (primary N) is 1. The molecule has 0 aliphatic rings. The zero-order valence-electron chi connectivity index (χ0n) is 7.38. The Kier molecular flexibility index (Phi) is 2.78. The molecule has 0 aliphatic carbocycles. The van der Waals surface area contributed by atoms with E-state index in [-0.39, 0.29) is 12.1 Å². The number of hydrogen-bond donors (Lipinski definition) is 1. The molecule has 0 aromatic heterocycles. The van der Waals surface area contributed by atoms with E-state index >= 15 is 0 Å². The minimum absolute atomic E-state index is 0.00845. The highest BCUT2D eigenvalue weighted by atomic mass is 19.4. The molecule has 0 saturated heterocycles. The van der Waals surface area contributed by atoms with Gasteiger partial charge in [0.15, 0.2) is 5.82 Å². The molecule has 0 amide bonds. The van der Waals surface area contributed by atoms with E-state index in [1.165, 1.54) is 0 Å². The van der Waals surface area contributed by atoms with Gasteiger partial charge in [0, 0.05) is 0 Å². The maximum atomic E-state index is 12.9. The normalized spacial score (nSPS) is 12.9. The molecule has 1 rings (SSSR count). The molecule has 0 bridgehead atoms. The second kappa shape index (κ2) is 3.53. The predicted octanol–water partition coefficient (Wildman–Crippen LogP) is 3.45. The monoisotopic (exact) mass is 247 g/mol. The molecule has 1 aromatic rings. The van der Waals surface area contributed by atoms with Gasteiger partial charge in [0.05, 0.1) is 16.8 Å². The third kappa shape index (κ3) is 2.20. The third-order valence-corrected chi connectivity index (χ3v) is 1.79. The topological polar surface area (TPSA) is 26.0 Å². The van der Waals surface area contributed by atoms with E-state index in [0.717, 1.165) is 0 Å². The number of benzene rings is 1. The standard InChI is InChI=1S/C8H4F7N/c9-5-3(7(10,11)12)1-2-4(6(5)16)8(13,14)15/h1-2H,16H2. The first-order chi connectivity index (χ1) is 7.05. The van der Waals surface area contributed by atoms with Crippen molar-refractivity contribution in [2.75, 3.05) is 5.73 Å². The van der Waals surface area contributed by atoms with E-state index < -0.39 is 35.0 Å². The fraction of sp³-hybridized carbons (Fsp3) is 0.250. The SMILES string of the molecule is Nc1c(C(F)(F)F)ccc(C(F)(F)F)c1F. The molecule has 0 aliphatic heterocycles. The van der Waals surface area contributed by atoms with Gasteiger partial charge in [-0.3, -0.25) is 0 Å². The number of anilines is 1. The first-order valence-electron chi connectivity index (χ1n) is 3.77. The van der Waals surface area contributed by atoms with Crippen LogP contribution in [0.15, 0.2) is 12.1 Å². The van der Waals surface area contributed by atoms with Gasteiger partial charge in [-0.2, -0.15) is 26.3 Å². The summed E-state index contributed by atoms with van der Waals surface area (Å²) >= 11 is 0. The lowest BCUT2D eigenvalue weighted by Gasteiger charge is -2.14. The highest BCUT2D eigenvalue weighted by Crippen LogP contribution is 2.39. The van der Waals surface area contributed by atoms with Gasteiger partial charge in [0.25, 0.3) is 0 Å². The predicted molar refractivity (Wildman–Crippen MR) is 40.8 cm³/mol. The van der Waals surface area contributed by atoms with Crippen LogP contribution in [-0.4, -0.2) is 0 Å². The van der Waals surface area contributed by atoms with E-state index in [4.69, 9.17) is 0 Å². The van der Waals surface area contributed by atoms with Gasteiger partial charge in [0.1, 0.15) is 0 Å². The van der Waals surface area contributed by atoms with Crippen LogP contribution in [0.1, 0.15) is 11.1 Å². The van der Waals surface area contributed by atoms with E-state index in [1.807, 2.05) is 0 Å². The maximum absolute atomic E-state index is 12.9. The van der Waals surface area contributed by atoms with Gasteiger partial charge in [-0.1, -0.05) is 0 Å². The molecule has 0 fully saturated rings. The summed E-state index contributed by atoms with van der Waals surface area (Å²) in [5.74, 6) is -2.11. The molecule has 0 saturated carbocycles. The highest BCUT2D eigenvalue weighted by Gasteiger charge is 2.40. The van der Waals surface area contributed by atoms with Crippen LogP contribution in [0.4, 0.5) is 36.4 Å². The largest absolute Gasteiger partial charge is 0.419 e. The molecule has 90 valence electrons. The number of rotatable bonds is 0. The van der Waals surface area contributed by atoms with Crippen molar-refractivity contribution < 1.29 is 30.7 Å². The fourth-order valence-corrected chi connectivity index (χ4v) is 1.06. The Labute approximate surface area is 84.7 Å². The van der Waals surface area contributed by atoms with Crippen molar-refractivity contribution in [3.8, 4) is 0 Å². The van der Waals surface area contributed by atoms with Crippen molar-refractivity contribution in [3.63, 3.8) is 0 Å². The molecule has 0 spiro atoms. The zero-order valence-corrected chi connectivity index (χ0v) is 7.38. The van der Waals surface area contributed by atoms with Crippen molar-refractivity contribution in [1.82, 2.24) is 0 Å². The Hall–Kier alpha value is -1.47. The van der Waals surface area contributed by atoms with Gasteiger partial charge < -0.3 is 5.73 Å². The number of hydrogen-bond acceptors (Lipinski definition) is 1. The van der Waals surface area contributed by atoms with Crippen molar-refractivity contribution >= 4 is 5.69 Å². The van der Waals surface area contributed by atoms with Crippen LogP contribution >= 0.6 is 0 Å². The molecule has 16 heavy (non-hydrogen) atoms. The van der Waals surface area contributed by atoms with Crippen LogP contribution < -0.4 is 5.73 Å². The van der Waals surface area contributed by atoms with Gasteiger partial charge in [-0.25, -0.2) is 4.39 Å². The Morgan fingerprint density at radius 1 is 0.812 bits per heavy atom. The Morgan fingerprint density at radius 2 is 1.19 bits per heavy atom. The van der Waals surface area contributed by atoms with E-state index in [9.17, 15) is 30.7 Å². The van der Waals surface area contributed by atoms with E-state index in [1.54, 1.807) is 0 Å². The molecule has 0 atom stereocenters. The lowest BCUT2D eigenvalue weighted by molar-refractivity contribution is -0.142. The van der Waals surface area contributed by atoms with Crippen molar-refractivity contribution in [2.45, 2.75) is 12.4 Å². The Bertz CT molecular complexity index is 365. The zero-order chi connectivity index (χ0) is 12.7. The van der Waals surface area contributed by atoms with Crippen LogP contribution in [0.3, 0.4) is 0 Å². The number of alkyl halides is 6. The summed E-state index contributed by atoms with van der Waals surface area (Å²) in [4.78, 5) is 0. The summed E-state index contributed by atoms with van der Waals surface area (Å²) in [5.41, 5.74) is -0.330. The Balaban J connectivity index is 3.41. The second-order valence-electron chi connectivity index (χ2n) is 2.88. The molecule has 0 heterocycles. The summed E-state index contributed by atoms with van der Waals surface area (Å²) in [5, 5.41) is 0. The van der Waals surface area contributed by atoms with Crippen LogP contribution in [0.25, 0.3) is 0 Å². The van der Waals surface area contributed by atoms with Gasteiger partial charge in [0.2, 0.25) is 0 Å². The van der Waals surface area contributed by atoms with E-state index in [0.29, 0.717) is 0 Å². The number of nitrogen functional groups attached to an aromatic ring is 1. The third-order valence-electron chi connectivity index (χ3n) is 1.79. The lowest BCUT2D eigenvalue weighted by atomic mass is 10.1. The first kappa shape index (κ1) is 12.6. The first-order valence-corrected chi connectivity index (χ1v) is 3.77. The molecule has 1 nitrogen and oxygen atoms in total. The summed E-state index contributed by atoms with van der Waals surface area (Å²) in [6.07, 6.45) is -10.1. The highest BCUT2D eigenvalue weighted by molar-refractivity contribution is 5.52. The van der Waals surface area contributed by atoms with Crippen LogP contribution in [0.2, 0.25) is 0 Å². The lowest BCUT2D eigenvalue weighted by Crippen LogP contribution is -2.15. The van der Waals surface area contributed by atoms with Gasteiger partial charge in [-0.15, -0.1) is 0 Å². The molecule has 8 heteroatoms. The molecule has 0 unspecified atom stereocenters. The molecular formula is C8H4F7N. The van der Waals surface area contributed by atoms with Crippen molar-refractivity contribution in [1.29, 1.82) is 0 Å². The van der Waals surface area contributed by atoms with E-state index in [2.05, 4.69) is 5.73 Å². The molecule has 2 N–H and O–H groups in total. The van der Waals surface area contributed by atoms with Gasteiger partial charge in [-0.05, 0) is 12.1 Å². The number of halogens is 7. The van der Waals surface area contributed by atoms with Gasteiger partial charge >= 0.3 is 12.4 Å². The summed E-state index contributed by atoms with van der Waals surface area (Å²) < 4.78 is 85.6. The fourth-order valence-electron chi connectivity index (χ4n) is 1.06. The van der Waals surface area contributed by atoms with Crippen LogP contribution in [-0.2, 0) is 12.4 Å². The quantitative estimate of drug-likeness (QED) is 0.551. The molecular weight excluding hydrogens is 243 g/mol. The smallest absolute Gasteiger partial charge is 0.396 e. The summed E-state index contributed by atoms with van der Waals surface area (Å²) in [7, 11) is 0. The van der Waals surface area contributed by atoms with Crippen molar-refractivity contribution in [2.24, 2.45) is 0 Å². The Morgan fingerprint density at radius 3 is 1.56 bits per heavy atom. The van der Waals surface area contributed by atoms with Crippen LogP contribution in [0, 0.1) is 5.82 Å². The minimum atomic E-state index is -5.08. The summed E-state index contributed by atoms with van der Waals surface area (Å²) in [6, 6.07) is 0.107. The maximum Gasteiger partial charge on any atom is 0.419 e. The van der Waals surface area contributed by atoms with Crippen LogP contribution in [0.5, 0.6) is 0 Å². The average Bonchev–Trinajstić information content (AvgIpc) is 2.05. The molecule has 1 aromatic carbocycles. The van der Waals surface area contributed by atoms with Crippen molar-refractivity contribution in [3.05, 3.63) is 29.1 Å². The molecule has 0 radical (unpaired) electrons.